The summed E-state index contributed by atoms with van der Waals surface area (Å²) in [4.78, 5) is 8.87. The third-order valence-corrected chi connectivity index (χ3v) is 5.20. The van der Waals surface area contributed by atoms with E-state index in [9.17, 15) is 5.11 Å². The summed E-state index contributed by atoms with van der Waals surface area (Å²) in [7, 11) is 0. The predicted molar refractivity (Wildman–Crippen MR) is 112 cm³/mol. The maximum atomic E-state index is 9.67. The summed E-state index contributed by atoms with van der Waals surface area (Å²) in [5.74, 6) is 1.65. The Morgan fingerprint density at radius 2 is 1.83 bits per heavy atom. The highest BCUT2D eigenvalue weighted by Gasteiger charge is 2.23. The van der Waals surface area contributed by atoms with Crippen LogP contribution >= 0.6 is 0 Å². The van der Waals surface area contributed by atoms with Gasteiger partial charge in [-0.1, -0.05) is 30.3 Å². The van der Waals surface area contributed by atoms with Crippen LogP contribution in [0.1, 0.15) is 12.8 Å². The van der Waals surface area contributed by atoms with Gasteiger partial charge in [0.15, 0.2) is 0 Å². The van der Waals surface area contributed by atoms with Gasteiger partial charge in [-0.2, -0.15) is 0 Å². The number of fused-ring (bicyclic) bond motifs is 1. The molecule has 1 aliphatic rings. The average Bonchev–Trinajstić information content (AvgIpc) is 3.41. The first-order valence-electron chi connectivity index (χ1n) is 9.77. The minimum absolute atomic E-state index is 0.198. The topological polar surface area (TPSA) is 80.4 Å². The molecule has 2 aromatic carbocycles. The van der Waals surface area contributed by atoms with Gasteiger partial charge in [-0.05, 0) is 42.7 Å². The summed E-state index contributed by atoms with van der Waals surface area (Å²) in [6, 6.07) is 17.1. The molecule has 0 aliphatic carbocycles. The molecule has 2 N–H and O–H groups in total. The number of nitrogens with zero attached hydrogens (tertiary/aromatic N) is 2. The van der Waals surface area contributed by atoms with Gasteiger partial charge in [0.1, 0.15) is 23.7 Å². The largest absolute Gasteiger partial charge is 0.508 e. The van der Waals surface area contributed by atoms with E-state index in [4.69, 9.17) is 9.15 Å². The van der Waals surface area contributed by atoms with Crippen molar-refractivity contribution in [2.75, 3.05) is 18.5 Å². The van der Waals surface area contributed by atoms with Crippen molar-refractivity contribution in [1.82, 2.24) is 9.97 Å². The third kappa shape index (κ3) is 3.43. The second-order valence-electron chi connectivity index (χ2n) is 7.14. The first-order chi connectivity index (χ1) is 14.3. The van der Waals surface area contributed by atoms with Gasteiger partial charge < -0.3 is 19.6 Å². The molecular formula is C23H21N3O3. The molecule has 0 spiro atoms. The van der Waals surface area contributed by atoms with Crippen LogP contribution in [-0.4, -0.2) is 34.3 Å². The third-order valence-electron chi connectivity index (χ3n) is 5.20. The smallest absolute Gasteiger partial charge is 0.232 e. The van der Waals surface area contributed by atoms with Crippen LogP contribution in [0, 0.1) is 0 Å². The summed E-state index contributed by atoms with van der Waals surface area (Å²) in [5.41, 5.74) is 3.34. The first-order valence-corrected chi connectivity index (χ1v) is 9.77. The lowest BCUT2D eigenvalue weighted by Gasteiger charge is -2.12. The highest BCUT2D eigenvalue weighted by molar-refractivity contribution is 6.05. The first kappa shape index (κ1) is 17.7. The minimum atomic E-state index is 0.198. The van der Waals surface area contributed by atoms with Crippen LogP contribution in [0.15, 0.2) is 65.3 Å². The molecule has 146 valence electrons. The number of aromatic hydroxyl groups is 1. The summed E-state index contributed by atoms with van der Waals surface area (Å²) >= 11 is 0. The molecule has 1 atom stereocenters. The van der Waals surface area contributed by atoms with E-state index in [1.165, 1.54) is 6.33 Å². The lowest BCUT2D eigenvalue weighted by atomic mass is 9.99. The van der Waals surface area contributed by atoms with Crippen molar-refractivity contribution < 1.29 is 14.3 Å². The van der Waals surface area contributed by atoms with Crippen molar-refractivity contribution in [2.45, 2.75) is 18.9 Å². The van der Waals surface area contributed by atoms with Gasteiger partial charge in [0.05, 0.1) is 11.5 Å². The Hall–Kier alpha value is -3.38. The SMILES string of the molecule is Oc1ccc(-c2oc3ncnc(NCC4CCCO4)c3c2-c2ccccc2)cc1. The molecule has 0 bridgehead atoms. The molecule has 5 rings (SSSR count). The van der Waals surface area contributed by atoms with Crippen molar-refractivity contribution in [2.24, 2.45) is 0 Å². The van der Waals surface area contributed by atoms with E-state index in [0.29, 0.717) is 18.0 Å². The Kier molecular flexibility index (Phi) is 4.62. The number of hydrogen-bond acceptors (Lipinski definition) is 6. The van der Waals surface area contributed by atoms with Crippen molar-refractivity contribution >= 4 is 16.9 Å². The van der Waals surface area contributed by atoms with Gasteiger partial charge in [0.2, 0.25) is 5.71 Å². The minimum Gasteiger partial charge on any atom is -0.508 e. The van der Waals surface area contributed by atoms with Crippen molar-refractivity contribution in [3.63, 3.8) is 0 Å². The molecule has 0 amide bonds. The summed E-state index contributed by atoms with van der Waals surface area (Å²) in [5, 5.41) is 14.0. The molecule has 1 fully saturated rings. The molecule has 6 heteroatoms. The van der Waals surface area contributed by atoms with Crippen LogP contribution in [0.3, 0.4) is 0 Å². The van der Waals surface area contributed by atoms with Gasteiger partial charge in [-0.3, -0.25) is 0 Å². The number of aromatic nitrogens is 2. The van der Waals surface area contributed by atoms with E-state index < -0.39 is 0 Å². The standard InChI is InChI=1S/C23H21N3O3/c27-17-10-8-16(9-11-17)21-19(15-5-2-1-3-6-15)20-22(25-14-26-23(20)29-21)24-13-18-7-4-12-28-18/h1-3,5-6,8-11,14,18,27H,4,7,12-13H2,(H,24,25,26). The highest BCUT2D eigenvalue weighted by atomic mass is 16.5. The van der Waals surface area contributed by atoms with Gasteiger partial charge in [-0.15, -0.1) is 0 Å². The van der Waals surface area contributed by atoms with E-state index >= 15 is 0 Å². The highest BCUT2D eigenvalue weighted by Crippen LogP contribution is 2.42. The van der Waals surface area contributed by atoms with Crippen LogP contribution in [0.5, 0.6) is 5.75 Å². The molecule has 1 saturated heterocycles. The van der Waals surface area contributed by atoms with Gasteiger partial charge >= 0.3 is 0 Å². The number of nitrogens with one attached hydrogen (secondary N) is 1. The van der Waals surface area contributed by atoms with Crippen LogP contribution in [0.25, 0.3) is 33.6 Å². The van der Waals surface area contributed by atoms with Crippen LogP contribution in [0.4, 0.5) is 5.82 Å². The van der Waals surface area contributed by atoms with Crippen LogP contribution in [-0.2, 0) is 4.74 Å². The number of benzene rings is 2. The van der Waals surface area contributed by atoms with Crippen LogP contribution in [0.2, 0.25) is 0 Å². The van der Waals surface area contributed by atoms with Crippen molar-refractivity contribution in [3.05, 3.63) is 60.9 Å². The number of phenols is 1. The number of phenolic OH excluding ortho intramolecular Hbond substituents is 1. The normalized spacial score (nSPS) is 16.3. The molecule has 6 nitrogen and oxygen atoms in total. The lowest BCUT2D eigenvalue weighted by Crippen LogP contribution is -2.19. The lowest BCUT2D eigenvalue weighted by molar-refractivity contribution is 0.120. The van der Waals surface area contributed by atoms with E-state index in [0.717, 1.165) is 47.3 Å². The Morgan fingerprint density at radius 3 is 2.59 bits per heavy atom. The van der Waals surface area contributed by atoms with Crippen molar-refractivity contribution in [3.8, 4) is 28.2 Å². The number of anilines is 1. The van der Waals surface area contributed by atoms with Gasteiger partial charge in [-0.25, -0.2) is 9.97 Å². The number of rotatable bonds is 5. The van der Waals surface area contributed by atoms with E-state index in [1.807, 2.05) is 42.5 Å². The maximum absolute atomic E-state index is 9.67. The average molecular weight is 387 g/mol. The van der Waals surface area contributed by atoms with E-state index in [1.54, 1.807) is 12.1 Å². The Bertz CT molecular complexity index is 1120. The van der Waals surface area contributed by atoms with Gasteiger partial charge in [0.25, 0.3) is 0 Å². The monoisotopic (exact) mass is 387 g/mol. The summed E-state index contributed by atoms with van der Waals surface area (Å²) in [6.45, 7) is 1.51. The Balaban J connectivity index is 1.66. The Labute approximate surface area is 168 Å². The fourth-order valence-corrected chi connectivity index (χ4v) is 3.78. The summed E-state index contributed by atoms with van der Waals surface area (Å²) < 4.78 is 11.9. The van der Waals surface area contributed by atoms with Crippen LogP contribution < -0.4 is 5.32 Å². The molecule has 1 aliphatic heterocycles. The van der Waals surface area contributed by atoms with E-state index in [-0.39, 0.29) is 11.9 Å². The molecule has 0 saturated carbocycles. The maximum Gasteiger partial charge on any atom is 0.232 e. The number of ether oxygens (including phenoxy) is 1. The molecule has 0 radical (unpaired) electrons. The zero-order valence-electron chi connectivity index (χ0n) is 15.8. The molecular weight excluding hydrogens is 366 g/mol. The second-order valence-corrected chi connectivity index (χ2v) is 7.14. The molecule has 2 aromatic heterocycles. The number of hydrogen-bond donors (Lipinski definition) is 2. The second kappa shape index (κ2) is 7.56. The summed E-state index contributed by atoms with van der Waals surface area (Å²) in [6.07, 6.45) is 3.86. The van der Waals surface area contributed by atoms with Gasteiger partial charge in [0, 0.05) is 24.3 Å². The molecule has 29 heavy (non-hydrogen) atoms. The zero-order chi connectivity index (χ0) is 19.6. The molecule has 4 aromatic rings. The fourth-order valence-electron chi connectivity index (χ4n) is 3.78. The quantitative estimate of drug-likeness (QED) is 0.509. The fraction of sp³-hybridized carbons (Fsp3) is 0.217. The van der Waals surface area contributed by atoms with Crippen molar-refractivity contribution in [1.29, 1.82) is 0 Å². The Morgan fingerprint density at radius 1 is 1.00 bits per heavy atom. The predicted octanol–water partition coefficient (Wildman–Crippen LogP) is 4.85. The molecule has 1 unspecified atom stereocenters. The zero-order valence-corrected chi connectivity index (χ0v) is 15.8. The molecule has 3 heterocycles. The van der Waals surface area contributed by atoms with E-state index in [2.05, 4.69) is 15.3 Å². The number of furan rings is 1.